The highest BCUT2D eigenvalue weighted by Gasteiger charge is 2.15. The van der Waals surface area contributed by atoms with Gasteiger partial charge in [0.2, 0.25) is 0 Å². The lowest BCUT2D eigenvalue weighted by molar-refractivity contribution is -0.0182. The summed E-state index contributed by atoms with van der Waals surface area (Å²) in [6, 6.07) is 21.8. The van der Waals surface area contributed by atoms with E-state index in [0.29, 0.717) is 66.1 Å². The lowest BCUT2D eigenvalue weighted by atomic mass is 10.4. The van der Waals surface area contributed by atoms with Crippen molar-refractivity contribution in [3.8, 4) is 0 Å². The minimum Gasteiger partial charge on any atom is -0.378 e. The normalized spacial score (nSPS) is 19.1. The van der Waals surface area contributed by atoms with Crippen molar-refractivity contribution in [2.75, 3.05) is 91.9 Å². The molecule has 0 aromatic heterocycles. The molecule has 1 heterocycles. The Bertz CT molecular complexity index is 664. The van der Waals surface area contributed by atoms with Crippen LogP contribution >= 0.6 is 7.92 Å². The molecule has 0 spiro atoms. The molecule has 0 amide bonds. The Morgan fingerprint density at radius 2 is 0.879 bits per heavy atom. The topological polar surface area (TPSA) is 49.4 Å². The van der Waals surface area contributed by atoms with Crippen molar-refractivity contribution < 1.29 is 23.7 Å². The average molecular weight is 476 g/mol. The zero-order chi connectivity index (χ0) is 22.8. The van der Waals surface area contributed by atoms with Crippen molar-refractivity contribution in [1.29, 1.82) is 0 Å². The van der Waals surface area contributed by atoms with Crippen LogP contribution in [-0.2, 0) is 23.7 Å². The van der Waals surface area contributed by atoms with Crippen LogP contribution in [0.15, 0.2) is 60.7 Å². The van der Waals surface area contributed by atoms with Crippen molar-refractivity contribution in [2.45, 2.75) is 0 Å². The molecular weight excluding hydrogens is 437 g/mol. The molecule has 2 aromatic rings. The smallest absolute Gasteiger partial charge is 0.0701 e. The van der Waals surface area contributed by atoms with Crippen LogP contribution in [0.5, 0.6) is 0 Å². The highest BCUT2D eigenvalue weighted by Crippen LogP contribution is 2.33. The second-order valence-electron chi connectivity index (χ2n) is 7.73. The molecule has 6 nitrogen and oxygen atoms in total. The molecule has 1 aliphatic heterocycles. The molecule has 0 bridgehead atoms. The van der Waals surface area contributed by atoms with E-state index in [0.717, 1.165) is 25.8 Å². The largest absolute Gasteiger partial charge is 0.378 e. The molecule has 0 unspecified atom stereocenters. The number of rotatable bonds is 5. The van der Waals surface area contributed by atoms with Gasteiger partial charge in [-0.2, -0.15) is 0 Å². The summed E-state index contributed by atoms with van der Waals surface area (Å²) in [6.45, 7) is 8.89. The number of hydrogen-bond acceptors (Lipinski definition) is 6. The van der Waals surface area contributed by atoms with Crippen LogP contribution in [0.25, 0.3) is 0 Å². The summed E-state index contributed by atoms with van der Waals surface area (Å²) in [5, 5.41) is 2.84. The molecule has 2 aromatic carbocycles. The number of benzene rings is 2. The van der Waals surface area contributed by atoms with E-state index in [4.69, 9.17) is 23.7 Å². The quantitative estimate of drug-likeness (QED) is 0.620. The van der Waals surface area contributed by atoms with E-state index in [9.17, 15) is 0 Å². The van der Waals surface area contributed by atoms with Crippen LogP contribution in [0.3, 0.4) is 0 Å². The lowest BCUT2D eigenvalue weighted by Gasteiger charge is -2.26. The van der Waals surface area contributed by atoms with Crippen molar-refractivity contribution in [1.82, 2.24) is 4.90 Å². The third-order valence-electron chi connectivity index (χ3n) is 5.37. The molecule has 0 radical (unpaired) electrons. The van der Waals surface area contributed by atoms with Crippen LogP contribution < -0.4 is 10.6 Å². The molecule has 0 atom stereocenters. The molecule has 0 aliphatic carbocycles. The first kappa shape index (κ1) is 26.2. The molecule has 0 N–H and O–H groups in total. The first-order valence-electron chi connectivity index (χ1n) is 11.9. The van der Waals surface area contributed by atoms with Gasteiger partial charge in [-0.3, -0.25) is 4.90 Å². The molecule has 3 rings (SSSR count). The summed E-state index contributed by atoms with van der Waals surface area (Å²) >= 11 is 0. The van der Waals surface area contributed by atoms with Gasteiger partial charge in [0.1, 0.15) is 0 Å². The van der Waals surface area contributed by atoms with Crippen LogP contribution in [0, 0.1) is 0 Å². The summed E-state index contributed by atoms with van der Waals surface area (Å²) in [6.07, 6.45) is 1.11. The Labute approximate surface area is 199 Å². The Kier molecular flexibility index (Phi) is 13.6. The van der Waals surface area contributed by atoms with Crippen molar-refractivity contribution >= 4 is 18.5 Å². The average Bonchev–Trinajstić information content (AvgIpc) is 2.86. The van der Waals surface area contributed by atoms with Gasteiger partial charge in [0.05, 0.1) is 66.1 Å². The van der Waals surface area contributed by atoms with E-state index in [2.05, 4.69) is 65.6 Å². The zero-order valence-corrected chi connectivity index (χ0v) is 20.5. The Morgan fingerprint density at radius 1 is 0.515 bits per heavy atom. The molecule has 1 fully saturated rings. The van der Waals surface area contributed by atoms with Gasteiger partial charge >= 0.3 is 0 Å². The molecule has 7 heteroatoms. The minimum absolute atomic E-state index is 0.407. The third kappa shape index (κ3) is 11.1. The van der Waals surface area contributed by atoms with Gasteiger partial charge < -0.3 is 23.7 Å². The summed E-state index contributed by atoms with van der Waals surface area (Å²) < 4.78 is 28.2. The first-order valence-corrected chi connectivity index (χ1v) is 13.4. The van der Waals surface area contributed by atoms with E-state index in [1.807, 2.05) is 0 Å². The summed E-state index contributed by atoms with van der Waals surface area (Å²) in [7, 11) is -0.407. The predicted octanol–water partition coefficient (Wildman–Crippen LogP) is 2.52. The maximum atomic E-state index is 5.82. The van der Waals surface area contributed by atoms with Crippen molar-refractivity contribution in [3.05, 3.63) is 60.7 Å². The van der Waals surface area contributed by atoms with Gasteiger partial charge in [-0.1, -0.05) is 60.7 Å². The van der Waals surface area contributed by atoms with Crippen LogP contribution in [0.2, 0.25) is 0 Å². The number of hydrogen-bond donors (Lipinski definition) is 0. The van der Waals surface area contributed by atoms with Gasteiger partial charge in [0.15, 0.2) is 0 Å². The second kappa shape index (κ2) is 17.1. The van der Waals surface area contributed by atoms with E-state index >= 15 is 0 Å². The number of ether oxygens (including phenoxy) is 5. The molecule has 182 valence electrons. The monoisotopic (exact) mass is 475 g/mol. The van der Waals surface area contributed by atoms with Gasteiger partial charge in [-0.25, -0.2) is 0 Å². The fraction of sp³-hybridized carbons (Fsp3) is 0.538. The molecule has 1 aliphatic rings. The van der Waals surface area contributed by atoms with Gasteiger partial charge in [0.25, 0.3) is 0 Å². The Balaban J connectivity index is 1.54. The standard InChI is InChI=1S/C26H38NO5P/c1-3-7-25(8-4-1)33(26-9-5-2-6-10-26)24-13-27-11-14-28-16-18-30-20-22-32-23-21-31-19-17-29-15-12-27/h1-10H,11-24H2. The van der Waals surface area contributed by atoms with Gasteiger partial charge in [-0.05, 0) is 24.7 Å². The van der Waals surface area contributed by atoms with Gasteiger partial charge in [-0.15, -0.1) is 0 Å². The molecule has 1 saturated heterocycles. The van der Waals surface area contributed by atoms with Crippen molar-refractivity contribution in [3.63, 3.8) is 0 Å². The second-order valence-corrected chi connectivity index (χ2v) is 10.1. The predicted molar refractivity (Wildman–Crippen MR) is 134 cm³/mol. The van der Waals surface area contributed by atoms with E-state index in [1.165, 1.54) is 10.6 Å². The maximum absolute atomic E-state index is 5.82. The molecule has 33 heavy (non-hydrogen) atoms. The molecular formula is C26H38NO5P. The highest BCUT2D eigenvalue weighted by atomic mass is 31.1. The van der Waals surface area contributed by atoms with Crippen LogP contribution in [0.4, 0.5) is 0 Å². The van der Waals surface area contributed by atoms with E-state index in [-0.39, 0.29) is 0 Å². The lowest BCUT2D eigenvalue weighted by Crippen LogP contribution is -2.35. The zero-order valence-electron chi connectivity index (χ0n) is 19.6. The fourth-order valence-corrected chi connectivity index (χ4v) is 5.93. The minimum atomic E-state index is -0.407. The summed E-state index contributed by atoms with van der Waals surface area (Å²) in [5.74, 6) is 0. The van der Waals surface area contributed by atoms with Crippen molar-refractivity contribution in [2.24, 2.45) is 0 Å². The summed E-state index contributed by atoms with van der Waals surface area (Å²) in [4.78, 5) is 2.46. The van der Waals surface area contributed by atoms with Crippen LogP contribution in [-0.4, -0.2) is 96.8 Å². The SMILES string of the molecule is c1ccc(P(CCN2CCOCCOCCOCCOCCOCC2)c2ccccc2)cc1. The fourth-order valence-electron chi connectivity index (χ4n) is 3.57. The number of nitrogens with zero attached hydrogens (tertiary/aromatic N) is 1. The Hall–Kier alpha value is -1.37. The third-order valence-corrected chi connectivity index (χ3v) is 7.86. The maximum Gasteiger partial charge on any atom is 0.0701 e. The van der Waals surface area contributed by atoms with Gasteiger partial charge in [0, 0.05) is 19.6 Å². The summed E-state index contributed by atoms with van der Waals surface area (Å²) in [5.41, 5.74) is 0. The van der Waals surface area contributed by atoms with E-state index in [1.54, 1.807) is 0 Å². The molecule has 0 saturated carbocycles. The van der Waals surface area contributed by atoms with Crippen LogP contribution in [0.1, 0.15) is 0 Å². The Morgan fingerprint density at radius 3 is 1.27 bits per heavy atom. The highest BCUT2D eigenvalue weighted by molar-refractivity contribution is 7.73. The van der Waals surface area contributed by atoms with E-state index < -0.39 is 7.92 Å². The first-order chi connectivity index (χ1) is 16.4.